The lowest BCUT2D eigenvalue weighted by molar-refractivity contribution is -0.116. The molecule has 0 aromatic heterocycles. The average Bonchev–Trinajstić information content (AvgIpc) is 2.39. The number of rotatable bonds is 0. The van der Waals surface area contributed by atoms with Crippen molar-refractivity contribution in [2.45, 2.75) is 20.8 Å². The van der Waals surface area contributed by atoms with Crippen LogP contribution in [0.5, 0.6) is 0 Å². The predicted octanol–water partition coefficient (Wildman–Crippen LogP) is 3.49. The minimum absolute atomic E-state index is 0.167. The Balaban J connectivity index is -0.000000100. The van der Waals surface area contributed by atoms with E-state index in [4.69, 9.17) is 11.1 Å². The Bertz CT molecular complexity index is 452. The number of methoxy groups -OCH3 is 2. The van der Waals surface area contributed by atoms with Gasteiger partial charge in [-0.3, -0.25) is 4.79 Å². The maximum Gasteiger partial charge on any atom is 0.403 e. The summed E-state index contributed by atoms with van der Waals surface area (Å²) in [6.45, 7) is 4.25. The molecule has 0 atom stereocenters. The second-order valence-electron chi connectivity index (χ2n) is 2.72. The molecule has 0 aromatic carbocycles. The van der Waals surface area contributed by atoms with E-state index >= 15 is 0 Å². The van der Waals surface area contributed by atoms with Crippen LogP contribution in [0.3, 0.4) is 0 Å². The number of amides is 2. The van der Waals surface area contributed by atoms with Crippen molar-refractivity contribution < 1.29 is 28.7 Å². The van der Waals surface area contributed by atoms with Crippen molar-refractivity contribution in [2.75, 3.05) is 14.2 Å². The first-order chi connectivity index (χ1) is 10.1. The van der Waals surface area contributed by atoms with Crippen molar-refractivity contribution >= 4 is 34.8 Å². The van der Waals surface area contributed by atoms with Crippen LogP contribution in [0.2, 0.25) is 0 Å². The van der Waals surface area contributed by atoms with Gasteiger partial charge in [-0.15, -0.1) is 0 Å². The van der Waals surface area contributed by atoms with Crippen molar-refractivity contribution in [3.8, 4) is 0 Å². The molecule has 0 rings (SSSR count). The van der Waals surface area contributed by atoms with Crippen molar-refractivity contribution in [2.24, 2.45) is 10.2 Å². The van der Waals surface area contributed by atoms with Crippen molar-refractivity contribution in [1.82, 2.24) is 0 Å². The largest absolute Gasteiger partial charge is 0.464 e. The highest BCUT2D eigenvalue weighted by atomic mass is 35.5. The summed E-state index contributed by atoms with van der Waals surface area (Å²) < 4.78 is 7.81. The third-order valence-electron chi connectivity index (χ3n) is 0.647. The summed E-state index contributed by atoms with van der Waals surface area (Å²) >= 11 is 4.60. The first-order valence-corrected chi connectivity index (χ1v) is 5.36. The van der Waals surface area contributed by atoms with E-state index in [1.807, 2.05) is 0 Å². The molecule has 0 N–H and O–H groups in total. The maximum absolute atomic E-state index is 9.77. The number of halogens is 1. The zero-order valence-corrected chi connectivity index (χ0v) is 13.3. The fourth-order valence-corrected chi connectivity index (χ4v) is 0.140. The number of hydrogen-bond donors (Lipinski definition) is 0. The van der Waals surface area contributed by atoms with Crippen LogP contribution in [-0.4, -0.2) is 37.4 Å². The molecular weight excluding hydrogens is 324 g/mol. The van der Waals surface area contributed by atoms with Gasteiger partial charge in [0, 0.05) is 33.5 Å². The predicted molar refractivity (Wildman–Crippen MR) is 76.0 cm³/mol. The van der Waals surface area contributed by atoms with Gasteiger partial charge in [0.2, 0.25) is 5.91 Å². The highest BCUT2D eigenvalue weighted by molar-refractivity contribution is 6.61. The summed E-state index contributed by atoms with van der Waals surface area (Å²) in [5.41, 5.74) is 14.2. The normalized spacial score (nSPS) is 6.45. The number of carbonyl (C=O) groups is 4. The molecule has 124 valence electrons. The third kappa shape index (κ3) is 87.2. The van der Waals surface area contributed by atoms with Crippen LogP contribution >= 0.6 is 11.6 Å². The lowest BCUT2D eigenvalue weighted by atomic mass is 10.6. The van der Waals surface area contributed by atoms with Gasteiger partial charge in [0.15, 0.2) is 0 Å². The van der Waals surface area contributed by atoms with Gasteiger partial charge in [0.25, 0.3) is 0 Å². The Morgan fingerprint density at radius 2 is 1.23 bits per heavy atom. The summed E-state index contributed by atoms with van der Waals surface area (Å²) in [6.07, 6.45) is -0.914. The summed E-state index contributed by atoms with van der Waals surface area (Å²) in [5.74, 6) is -0.336. The second kappa shape index (κ2) is 23.3. The van der Waals surface area contributed by atoms with Gasteiger partial charge in [0.1, 0.15) is 5.78 Å². The topological polar surface area (TPSA) is 184 Å². The van der Waals surface area contributed by atoms with E-state index in [-0.39, 0.29) is 5.78 Å². The molecule has 0 fully saturated rings. The summed E-state index contributed by atoms with van der Waals surface area (Å²) in [4.78, 5) is 42.6. The lowest BCUT2D eigenvalue weighted by Gasteiger charge is -1.81. The maximum atomic E-state index is 9.77. The number of Topliss-reactive ketones (excluding diaryl/α,β-unsaturated/α-hetero) is 1. The molecule has 0 unspecified atom stereocenters. The van der Waals surface area contributed by atoms with Gasteiger partial charge in [-0.2, -0.15) is 0 Å². The van der Waals surface area contributed by atoms with Gasteiger partial charge in [-0.1, -0.05) is 0 Å². The van der Waals surface area contributed by atoms with E-state index in [1.165, 1.54) is 27.9 Å². The van der Waals surface area contributed by atoms with E-state index in [1.54, 1.807) is 0 Å². The molecule has 0 aliphatic heterocycles. The van der Waals surface area contributed by atoms with E-state index in [0.29, 0.717) is 0 Å². The molecule has 0 aliphatic rings. The third-order valence-corrected chi connectivity index (χ3v) is 0.801. The van der Waals surface area contributed by atoms with E-state index in [9.17, 15) is 19.2 Å². The number of ether oxygens (including phenoxy) is 2. The van der Waals surface area contributed by atoms with Crippen LogP contribution in [0.15, 0.2) is 10.2 Å². The monoisotopic (exact) mass is 338 g/mol. The van der Waals surface area contributed by atoms with Crippen LogP contribution in [-0.2, 0) is 19.1 Å². The molecule has 0 aliphatic carbocycles. The fraction of sp³-hybridized carbons (Fsp3) is 0.556. The van der Waals surface area contributed by atoms with Gasteiger partial charge in [0.05, 0.1) is 14.2 Å². The molecule has 22 heavy (non-hydrogen) atoms. The van der Waals surface area contributed by atoms with E-state index in [2.05, 4.69) is 41.1 Å². The lowest BCUT2D eigenvalue weighted by Crippen LogP contribution is -1.87. The molecular formula is C9H15ClN6O6. The number of carbonyl (C=O) groups excluding carboxylic acids is 4. The number of azide groups is 2. The zero-order valence-electron chi connectivity index (χ0n) is 12.5. The molecule has 0 radical (unpaired) electrons. The highest BCUT2D eigenvalue weighted by Gasteiger charge is 1.86. The van der Waals surface area contributed by atoms with Crippen molar-refractivity contribution in [1.29, 1.82) is 0 Å². The molecule has 0 spiro atoms. The average molecular weight is 339 g/mol. The summed E-state index contributed by atoms with van der Waals surface area (Å²) in [7, 11) is 2.35. The van der Waals surface area contributed by atoms with Crippen LogP contribution in [0, 0.1) is 0 Å². The van der Waals surface area contributed by atoms with Gasteiger partial charge in [-0.05, 0) is 30.0 Å². The van der Waals surface area contributed by atoms with Crippen molar-refractivity contribution in [3.05, 3.63) is 20.9 Å². The van der Waals surface area contributed by atoms with Crippen LogP contribution in [0.1, 0.15) is 20.8 Å². The molecule has 0 saturated carbocycles. The second-order valence-corrected chi connectivity index (χ2v) is 3.03. The Morgan fingerprint density at radius 3 is 1.27 bits per heavy atom. The van der Waals surface area contributed by atoms with E-state index in [0.717, 1.165) is 7.11 Å². The minimum Gasteiger partial charge on any atom is -0.464 e. The highest BCUT2D eigenvalue weighted by Crippen LogP contribution is 1.78. The SMILES string of the molecule is CC(=O)N=[N+]=[N-].CC(C)=O.COC(=O)Cl.COC(=O)N=[N+]=[N-]. The molecule has 2 amide bonds. The van der Waals surface area contributed by atoms with Crippen LogP contribution in [0.4, 0.5) is 9.59 Å². The molecule has 0 bridgehead atoms. The zero-order chi connectivity index (χ0) is 18.6. The van der Waals surface area contributed by atoms with Crippen LogP contribution in [0.25, 0.3) is 20.9 Å². The Morgan fingerprint density at radius 1 is 0.909 bits per heavy atom. The number of ketones is 1. The first kappa shape index (κ1) is 27.5. The Labute approximate surface area is 130 Å². The smallest absolute Gasteiger partial charge is 0.403 e. The molecule has 0 heterocycles. The van der Waals surface area contributed by atoms with Gasteiger partial charge >= 0.3 is 11.5 Å². The number of nitrogens with zero attached hydrogens (tertiary/aromatic N) is 6. The summed E-state index contributed by atoms with van der Waals surface area (Å²) in [5, 5.41) is 5.23. The Kier molecular flexibility index (Phi) is 29.1. The molecule has 0 aromatic rings. The Hall–Kier alpha value is -2.81. The summed E-state index contributed by atoms with van der Waals surface area (Å²) in [6, 6.07) is 0. The number of hydrogen-bond acceptors (Lipinski definition) is 6. The van der Waals surface area contributed by atoms with Gasteiger partial charge < -0.3 is 14.3 Å². The molecule has 13 heteroatoms. The molecule has 0 saturated heterocycles. The molecule has 12 nitrogen and oxygen atoms in total. The fourth-order valence-electron chi connectivity index (χ4n) is 0.140. The standard InChI is InChI=1S/C3H6O.C2H3ClO2.C2H3N3O2.C2H3N3O/c1-3(2)4;1-5-2(3)4;1-7-2(6)4-5-3;1-2(6)4-5-3/h1-2H3;1H3;1H3;1H3. The van der Waals surface area contributed by atoms with Gasteiger partial charge in [-0.25, -0.2) is 9.59 Å². The van der Waals surface area contributed by atoms with Crippen LogP contribution < -0.4 is 0 Å². The minimum atomic E-state index is -0.914. The first-order valence-electron chi connectivity index (χ1n) is 4.98. The van der Waals surface area contributed by atoms with E-state index < -0.39 is 17.4 Å². The quantitative estimate of drug-likeness (QED) is 0.281. The van der Waals surface area contributed by atoms with Crippen molar-refractivity contribution in [3.63, 3.8) is 0 Å².